The SMILES string of the molecule is COC(=O)[C@@H]1C[C@@H](O)CN1Cn1nc(-c2ccc(OC)cc2OC)oc1=S. The van der Waals surface area contributed by atoms with Crippen LogP contribution in [0.5, 0.6) is 11.5 Å². The van der Waals surface area contributed by atoms with Crippen molar-refractivity contribution in [1.29, 1.82) is 0 Å². The van der Waals surface area contributed by atoms with E-state index in [1.165, 1.54) is 18.9 Å². The minimum Gasteiger partial charge on any atom is -0.497 e. The van der Waals surface area contributed by atoms with Crippen molar-refractivity contribution in [3.8, 4) is 23.0 Å². The number of β-amino-alcohol motifs (C(OH)–C–C–N with tert-alkyl or cyclic N) is 1. The smallest absolute Gasteiger partial charge is 0.323 e. The van der Waals surface area contributed by atoms with E-state index in [9.17, 15) is 9.90 Å². The van der Waals surface area contributed by atoms with E-state index in [0.717, 1.165) is 0 Å². The second-order valence-corrected chi connectivity index (χ2v) is 6.43. The van der Waals surface area contributed by atoms with Crippen LogP contribution in [0.25, 0.3) is 11.5 Å². The van der Waals surface area contributed by atoms with Gasteiger partial charge >= 0.3 is 5.97 Å². The molecule has 10 heteroatoms. The fourth-order valence-corrected chi connectivity index (χ4v) is 3.25. The highest BCUT2D eigenvalue weighted by molar-refractivity contribution is 7.71. The summed E-state index contributed by atoms with van der Waals surface area (Å²) in [4.78, 5) is 13.8. The molecule has 2 heterocycles. The number of aliphatic hydroxyl groups is 1. The monoisotopic (exact) mass is 395 g/mol. The number of hydrogen-bond acceptors (Lipinski definition) is 9. The number of ether oxygens (including phenoxy) is 3. The minimum absolute atomic E-state index is 0.146. The van der Waals surface area contributed by atoms with Crippen molar-refractivity contribution in [3.05, 3.63) is 23.0 Å². The van der Waals surface area contributed by atoms with Crippen LogP contribution < -0.4 is 9.47 Å². The van der Waals surface area contributed by atoms with Crippen LogP contribution in [0.3, 0.4) is 0 Å². The van der Waals surface area contributed by atoms with Crippen molar-refractivity contribution in [2.45, 2.75) is 25.2 Å². The molecule has 0 amide bonds. The number of carbonyl (C=O) groups is 1. The summed E-state index contributed by atoms with van der Waals surface area (Å²) in [7, 11) is 4.43. The number of aromatic nitrogens is 2. The number of esters is 1. The zero-order valence-corrected chi connectivity index (χ0v) is 16.1. The second kappa shape index (κ2) is 8.07. The van der Waals surface area contributed by atoms with E-state index < -0.39 is 18.1 Å². The van der Waals surface area contributed by atoms with Crippen LogP contribution in [0.15, 0.2) is 22.6 Å². The van der Waals surface area contributed by atoms with Crippen LogP contribution in [0.1, 0.15) is 6.42 Å². The van der Waals surface area contributed by atoms with Crippen LogP contribution >= 0.6 is 12.2 Å². The second-order valence-electron chi connectivity index (χ2n) is 6.08. The summed E-state index contributed by atoms with van der Waals surface area (Å²) in [5.74, 6) is 1.05. The number of nitrogens with zero attached hydrogens (tertiary/aromatic N) is 3. The molecule has 1 saturated heterocycles. The van der Waals surface area contributed by atoms with Crippen LogP contribution in [0, 0.1) is 4.84 Å². The minimum atomic E-state index is -0.615. The summed E-state index contributed by atoms with van der Waals surface area (Å²) in [5.41, 5.74) is 0.620. The molecule has 0 bridgehead atoms. The van der Waals surface area contributed by atoms with Gasteiger partial charge in [0.1, 0.15) is 17.5 Å². The molecule has 1 aliphatic heterocycles. The van der Waals surface area contributed by atoms with E-state index in [2.05, 4.69) is 5.10 Å². The Morgan fingerprint density at radius 3 is 2.81 bits per heavy atom. The predicted octanol–water partition coefficient (Wildman–Crippen LogP) is 1.46. The largest absolute Gasteiger partial charge is 0.497 e. The topological polar surface area (TPSA) is 99.2 Å². The number of likely N-dealkylation sites (tertiary alicyclic amines) is 1. The third-order valence-electron chi connectivity index (χ3n) is 4.42. The Bertz CT molecular complexity index is 880. The predicted molar refractivity (Wildman–Crippen MR) is 97.0 cm³/mol. The first-order valence-corrected chi connectivity index (χ1v) is 8.68. The Morgan fingerprint density at radius 2 is 2.15 bits per heavy atom. The normalized spacial score (nSPS) is 19.9. The summed E-state index contributed by atoms with van der Waals surface area (Å²) >= 11 is 5.26. The molecule has 0 radical (unpaired) electrons. The van der Waals surface area contributed by atoms with E-state index >= 15 is 0 Å². The Balaban J connectivity index is 1.87. The maximum Gasteiger partial charge on any atom is 0.323 e. The van der Waals surface area contributed by atoms with Gasteiger partial charge in [0.05, 0.1) is 39.7 Å². The fraction of sp³-hybridized carbons (Fsp3) is 0.471. The van der Waals surface area contributed by atoms with Crippen molar-refractivity contribution in [2.24, 2.45) is 0 Å². The van der Waals surface area contributed by atoms with Crippen LogP contribution in [0.4, 0.5) is 0 Å². The third kappa shape index (κ3) is 3.97. The highest BCUT2D eigenvalue weighted by Gasteiger charge is 2.37. The summed E-state index contributed by atoms with van der Waals surface area (Å²) in [5, 5.41) is 14.3. The molecule has 146 valence electrons. The molecule has 1 fully saturated rings. The zero-order chi connectivity index (χ0) is 19.6. The quantitative estimate of drug-likeness (QED) is 0.575. The molecule has 1 aromatic heterocycles. The van der Waals surface area contributed by atoms with Gasteiger partial charge < -0.3 is 23.7 Å². The average Bonchev–Trinajstić information content (AvgIpc) is 3.23. The highest BCUT2D eigenvalue weighted by atomic mass is 32.1. The number of methoxy groups -OCH3 is 3. The standard InChI is InChI=1S/C17H21N3O6S/c1-23-11-4-5-12(14(7-11)24-2)15-18-20(17(27)26-15)9-19-8-10(21)6-13(19)16(22)25-3/h4-5,7,10,13,21H,6,8-9H2,1-3H3/t10-,13+/m1/s1. The first-order valence-electron chi connectivity index (χ1n) is 8.27. The lowest BCUT2D eigenvalue weighted by atomic mass is 10.2. The van der Waals surface area contributed by atoms with Gasteiger partial charge in [0.25, 0.3) is 10.7 Å². The van der Waals surface area contributed by atoms with Crippen molar-refractivity contribution >= 4 is 18.2 Å². The summed E-state index contributed by atoms with van der Waals surface area (Å²) in [6, 6.07) is 4.69. The van der Waals surface area contributed by atoms with Gasteiger partial charge in [-0.15, -0.1) is 5.10 Å². The van der Waals surface area contributed by atoms with Gasteiger partial charge in [-0.05, 0) is 24.4 Å². The van der Waals surface area contributed by atoms with Gasteiger partial charge in [-0.25, -0.2) is 4.68 Å². The molecule has 0 unspecified atom stereocenters. The molecule has 1 aromatic carbocycles. The van der Waals surface area contributed by atoms with E-state index in [4.69, 9.17) is 30.8 Å². The maximum atomic E-state index is 11.9. The van der Waals surface area contributed by atoms with Gasteiger partial charge in [-0.2, -0.15) is 0 Å². The van der Waals surface area contributed by atoms with E-state index in [1.807, 2.05) is 0 Å². The molecular weight excluding hydrogens is 374 g/mol. The van der Waals surface area contributed by atoms with Gasteiger partial charge in [-0.1, -0.05) is 0 Å². The lowest BCUT2D eigenvalue weighted by Crippen LogP contribution is -2.38. The molecule has 2 atom stereocenters. The van der Waals surface area contributed by atoms with E-state index in [-0.39, 0.29) is 17.4 Å². The van der Waals surface area contributed by atoms with E-state index in [1.54, 1.807) is 30.2 Å². The Hall–Kier alpha value is -2.43. The van der Waals surface area contributed by atoms with Crippen LogP contribution in [-0.4, -0.2) is 65.8 Å². The van der Waals surface area contributed by atoms with Gasteiger partial charge in [0.15, 0.2) is 0 Å². The van der Waals surface area contributed by atoms with Gasteiger partial charge in [-0.3, -0.25) is 9.69 Å². The number of hydrogen-bond donors (Lipinski definition) is 1. The van der Waals surface area contributed by atoms with Gasteiger partial charge in [0, 0.05) is 19.0 Å². The van der Waals surface area contributed by atoms with Crippen LogP contribution in [-0.2, 0) is 16.2 Å². The molecule has 0 aliphatic carbocycles. The summed E-state index contributed by atoms with van der Waals surface area (Å²) < 4.78 is 22.4. The number of carbonyl (C=O) groups excluding carboxylic acids is 1. The first-order chi connectivity index (χ1) is 13.0. The Morgan fingerprint density at radius 1 is 1.37 bits per heavy atom. The number of benzene rings is 1. The third-order valence-corrected chi connectivity index (χ3v) is 4.71. The highest BCUT2D eigenvalue weighted by Crippen LogP contribution is 2.32. The van der Waals surface area contributed by atoms with Crippen molar-refractivity contribution < 1.29 is 28.5 Å². The molecule has 0 spiro atoms. The Kier molecular flexibility index (Phi) is 5.78. The molecule has 27 heavy (non-hydrogen) atoms. The molecule has 0 saturated carbocycles. The van der Waals surface area contributed by atoms with Crippen molar-refractivity contribution in [1.82, 2.24) is 14.7 Å². The van der Waals surface area contributed by atoms with Crippen molar-refractivity contribution in [2.75, 3.05) is 27.9 Å². The fourth-order valence-electron chi connectivity index (χ4n) is 3.07. The molecule has 2 aromatic rings. The number of aliphatic hydroxyl groups excluding tert-OH is 1. The van der Waals surface area contributed by atoms with Gasteiger partial charge in [0.2, 0.25) is 0 Å². The average molecular weight is 395 g/mol. The van der Waals surface area contributed by atoms with Crippen LogP contribution in [0.2, 0.25) is 0 Å². The maximum absolute atomic E-state index is 11.9. The molecule has 3 rings (SSSR count). The van der Waals surface area contributed by atoms with E-state index in [0.29, 0.717) is 30.0 Å². The molecule has 1 N–H and O–H groups in total. The molecule has 9 nitrogen and oxygen atoms in total. The zero-order valence-electron chi connectivity index (χ0n) is 15.2. The summed E-state index contributed by atoms with van der Waals surface area (Å²) in [6.45, 7) is 0.507. The Labute approximate surface area is 161 Å². The first kappa shape index (κ1) is 19.3. The lowest BCUT2D eigenvalue weighted by molar-refractivity contribution is -0.146. The molecule has 1 aliphatic rings. The number of rotatable bonds is 6. The summed E-state index contributed by atoms with van der Waals surface area (Å²) in [6.07, 6.45) is -0.312. The molecular formula is C17H21N3O6S. The lowest BCUT2D eigenvalue weighted by Gasteiger charge is -2.21. The van der Waals surface area contributed by atoms with Crippen molar-refractivity contribution in [3.63, 3.8) is 0 Å².